The van der Waals surface area contributed by atoms with Crippen LogP contribution in [0.4, 0.5) is 0 Å². The maximum absolute atomic E-state index is 12.3. The largest absolute Gasteiger partial charge is 0.497 e. The van der Waals surface area contributed by atoms with Crippen molar-refractivity contribution in [2.75, 3.05) is 13.7 Å². The Morgan fingerprint density at radius 2 is 2.30 bits per heavy atom. The monoisotopic (exact) mass is 276 g/mol. The normalized spacial score (nSPS) is 23.9. The number of nitrogens with one attached hydrogen (secondary N) is 2. The summed E-state index contributed by atoms with van der Waals surface area (Å²) < 4.78 is 5.22. The molecule has 3 atom stereocenters. The molecule has 0 aliphatic carbocycles. The van der Waals surface area contributed by atoms with Crippen LogP contribution in [0.5, 0.6) is 5.75 Å². The maximum atomic E-state index is 12.3. The summed E-state index contributed by atoms with van der Waals surface area (Å²) in [6.45, 7) is 5.06. The van der Waals surface area contributed by atoms with Gasteiger partial charge < -0.3 is 15.4 Å². The standard InChI is InChI=1S/C16H24N2O2/c1-11-9-14(7-8-17-11)16(19)18-12(2)13-5-4-6-15(10-13)20-3/h4-6,10-12,14,17H,7-9H2,1-3H3,(H,18,19)/t11?,12-,14?/m0/s1. The van der Waals surface area contributed by atoms with Gasteiger partial charge in [0.05, 0.1) is 13.2 Å². The van der Waals surface area contributed by atoms with E-state index in [0.717, 1.165) is 30.7 Å². The van der Waals surface area contributed by atoms with E-state index in [0.29, 0.717) is 6.04 Å². The van der Waals surface area contributed by atoms with Crippen molar-refractivity contribution in [1.82, 2.24) is 10.6 Å². The molecule has 2 rings (SSSR count). The second kappa shape index (κ2) is 6.75. The molecule has 1 fully saturated rings. The average molecular weight is 276 g/mol. The van der Waals surface area contributed by atoms with Gasteiger partial charge in [-0.05, 0) is 50.9 Å². The summed E-state index contributed by atoms with van der Waals surface area (Å²) in [6, 6.07) is 8.26. The average Bonchev–Trinajstić information content (AvgIpc) is 2.47. The molecule has 1 aromatic carbocycles. The van der Waals surface area contributed by atoms with Gasteiger partial charge in [-0.1, -0.05) is 12.1 Å². The third kappa shape index (κ3) is 3.73. The van der Waals surface area contributed by atoms with Gasteiger partial charge >= 0.3 is 0 Å². The molecule has 4 nitrogen and oxygen atoms in total. The van der Waals surface area contributed by atoms with Crippen LogP contribution in [0.15, 0.2) is 24.3 Å². The molecule has 0 aromatic heterocycles. The van der Waals surface area contributed by atoms with E-state index in [1.165, 1.54) is 0 Å². The Hall–Kier alpha value is -1.55. The molecular weight excluding hydrogens is 252 g/mol. The van der Waals surface area contributed by atoms with Crippen molar-refractivity contribution in [2.45, 2.75) is 38.8 Å². The second-order valence-corrected chi connectivity index (χ2v) is 5.58. The highest BCUT2D eigenvalue weighted by atomic mass is 16.5. The predicted octanol–water partition coefficient (Wildman–Crippen LogP) is 2.26. The van der Waals surface area contributed by atoms with Crippen LogP contribution < -0.4 is 15.4 Å². The van der Waals surface area contributed by atoms with Crippen molar-refractivity contribution >= 4 is 5.91 Å². The number of ether oxygens (including phenoxy) is 1. The van der Waals surface area contributed by atoms with Gasteiger partial charge in [0.15, 0.2) is 0 Å². The van der Waals surface area contributed by atoms with Crippen LogP contribution in [-0.4, -0.2) is 25.6 Å². The summed E-state index contributed by atoms with van der Waals surface area (Å²) in [5.74, 6) is 1.10. The molecule has 4 heteroatoms. The molecule has 1 aliphatic rings. The SMILES string of the molecule is COc1cccc([C@H](C)NC(=O)C2CCNC(C)C2)c1. The first-order valence-corrected chi connectivity index (χ1v) is 7.28. The van der Waals surface area contributed by atoms with Gasteiger partial charge in [-0.2, -0.15) is 0 Å². The molecule has 1 saturated heterocycles. The Morgan fingerprint density at radius 1 is 1.50 bits per heavy atom. The first-order chi connectivity index (χ1) is 9.60. The van der Waals surface area contributed by atoms with E-state index in [4.69, 9.17) is 4.74 Å². The van der Waals surface area contributed by atoms with E-state index >= 15 is 0 Å². The predicted molar refractivity (Wildman–Crippen MR) is 79.7 cm³/mol. The Kier molecular flexibility index (Phi) is 5.01. The lowest BCUT2D eigenvalue weighted by Gasteiger charge is -2.28. The van der Waals surface area contributed by atoms with E-state index in [1.807, 2.05) is 31.2 Å². The highest BCUT2D eigenvalue weighted by Gasteiger charge is 2.25. The van der Waals surface area contributed by atoms with E-state index < -0.39 is 0 Å². The number of methoxy groups -OCH3 is 1. The molecule has 1 amide bonds. The van der Waals surface area contributed by atoms with Crippen LogP contribution in [0.1, 0.15) is 38.3 Å². The minimum absolute atomic E-state index is 0.00259. The molecule has 2 N–H and O–H groups in total. The Bertz CT molecular complexity index is 462. The van der Waals surface area contributed by atoms with Crippen molar-refractivity contribution in [3.05, 3.63) is 29.8 Å². The van der Waals surface area contributed by atoms with Crippen LogP contribution in [0.2, 0.25) is 0 Å². The highest BCUT2D eigenvalue weighted by Crippen LogP contribution is 2.21. The minimum Gasteiger partial charge on any atom is -0.497 e. The number of carbonyl (C=O) groups is 1. The summed E-state index contributed by atoms with van der Waals surface area (Å²) in [5.41, 5.74) is 1.07. The van der Waals surface area contributed by atoms with E-state index in [9.17, 15) is 4.79 Å². The molecule has 110 valence electrons. The van der Waals surface area contributed by atoms with E-state index in [1.54, 1.807) is 7.11 Å². The molecule has 20 heavy (non-hydrogen) atoms. The van der Waals surface area contributed by atoms with Crippen LogP contribution >= 0.6 is 0 Å². The number of hydrogen-bond donors (Lipinski definition) is 2. The minimum atomic E-state index is 0.00259. The highest BCUT2D eigenvalue weighted by molar-refractivity contribution is 5.79. The third-order valence-electron chi connectivity index (χ3n) is 3.95. The van der Waals surface area contributed by atoms with Gasteiger partial charge in [-0.25, -0.2) is 0 Å². The van der Waals surface area contributed by atoms with Crippen LogP contribution in [0, 0.1) is 5.92 Å². The van der Waals surface area contributed by atoms with Crippen LogP contribution in [-0.2, 0) is 4.79 Å². The lowest BCUT2D eigenvalue weighted by molar-refractivity contribution is -0.126. The molecule has 1 heterocycles. The Balaban J connectivity index is 1.96. The number of carbonyl (C=O) groups excluding carboxylic acids is 1. The van der Waals surface area contributed by atoms with Gasteiger partial charge in [-0.3, -0.25) is 4.79 Å². The number of hydrogen-bond acceptors (Lipinski definition) is 3. The maximum Gasteiger partial charge on any atom is 0.223 e. The fourth-order valence-corrected chi connectivity index (χ4v) is 2.70. The molecule has 1 aromatic rings. The van der Waals surface area contributed by atoms with Gasteiger partial charge in [0.2, 0.25) is 5.91 Å². The number of piperidine rings is 1. The van der Waals surface area contributed by atoms with Crippen LogP contribution in [0.25, 0.3) is 0 Å². The molecule has 2 unspecified atom stereocenters. The van der Waals surface area contributed by atoms with Gasteiger partial charge in [0, 0.05) is 12.0 Å². The molecule has 0 spiro atoms. The third-order valence-corrected chi connectivity index (χ3v) is 3.95. The smallest absolute Gasteiger partial charge is 0.223 e. The molecule has 1 aliphatic heterocycles. The molecule has 0 radical (unpaired) electrons. The zero-order valence-electron chi connectivity index (χ0n) is 12.5. The zero-order valence-corrected chi connectivity index (χ0v) is 12.5. The number of benzene rings is 1. The van der Waals surface area contributed by atoms with E-state index in [-0.39, 0.29) is 17.9 Å². The van der Waals surface area contributed by atoms with Crippen molar-refractivity contribution < 1.29 is 9.53 Å². The van der Waals surface area contributed by atoms with Gasteiger partial charge in [-0.15, -0.1) is 0 Å². The van der Waals surface area contributed by atoms with Crippen molar-refractivity contribution in [3.63, 3.8) is 0 Å². The lowest BCUT2D eigenvalue weighted by Crippen LogP contribution is -2.42. The summed E-state index contributed by atoms with van der Waals surface area (Å²) in [6.07, 6.45) is 1.83. The Morgan fingerprint density at radius 3 is 3.00 bits per heavy atom. The second-order valence-electron chi connectivity index (χ2n) is 5.58. The van der Waals surface area contributed by atoms with Crippen LogP contribution in [0.3, 0.4) is 0 Å². The molecular formula is C16H24N2O2. The van der Waals surface area contributed by atoms with Crippen molar-refractivity contribution in [3.8, 4) is 5.75 Å². The number of amides is 1. The quantitative estimate of drug-likeness (QED) is 0.887. The Labute approximate surface area is 120 Å². The summed E-state index contributed by atoms with van der Waals surface area (Å²) in [4.78, 5) is 12.3. The van der Waals surface area contributed by atoms with E-state index in [2.05, 4.69) is 17.6 Å². The summed E-state index contributed by atoms with van der Waals surface area (Å²) in [5, 5.41) is 6.49. The fourth-order valence-electron chi connectivity index (χ4n) is 2.70. The molecule has 0 saturated carbocycles. The van der Waals surface area contributed by atoms with Crippen molar-refractivity contribution in [1.29, 1.82) is 0 Å². The summed E-state index contributed by atoms with van der Waals surface area (Å²) >= 11 is 0. The fraction of sp³-hybridized carbons (Fsp3) is 0.562. The number of rotatable bonds is 4. The topological polar surface area (TPSA) is 50.4 Å². The van der Waals surface area contributed by atoms with Crippen molar-refractivity contribution in [2.24, 2.45) is 5.92 Å². The first-order valence-electron chi connectivity index (χ1n) is 7.28. The molecule has 0 bridgehead atoms. The van der Waals surface area contributed by atoms with Gasteiger partial charge in [0.25, 0.3) is 0 Å². The van der Waals surface area contributed by atoms with Gasteiger partial charge in [0.1, 0.15) is 5.75 Å². The first kappa shape index (κ1) is 14.9. The zero-order chi connectivity index (χ0) is 14.5. The lowest BCUT2D eigenvalue weighted by atomic mass is 9.92. The summed E-state index contributed by atoms with van der Waals surface area (Å²) in [7, 11) is 1.65.